The topological polar surface area (TPSA) is 17.1 Å². The first-order chi connectivity index (χ1) is 9.91. The Balaban J connectivity index is 0. The summed E-state index contributed by atoms with van der Waals surface area (Å²) < 4.78 is 8.38. The molecule has 0 N–H and O–H groups in total. The predicted molar refractivity (Wildman–Crippen MR) is 85.6 cm³/mol. The summed E-state index contributed by atoms with van der Waals surface area (Å²) in [5, 5.41) is 0. The van der Waals surface area contributed by atoms with Crippen LogP contribution in [0.5, 0.6) is 0 Å². The molecule has 0 rings (SSSR count). The number of hydrogen-bond donors (Lipinski definition) is 0. The summed E-state index contributed by atoms with van der Waals surface area (Å²) in [6, 6.07) is 0. The zero-order chi connectivity index (χ0) is 15.3. The zero-order valence-corrected chi connectivity index (χ0v) is 17.1. The Labute approximate surface area is 138 Å². The monoisotopic (exact) mass is 333 g/mol. The summed E-state index contributed by atoms with van der Waals surface area (Å²) >= 11 is 0.125. The Kier molecular flexibility index (Phi) is 27.7. The van der Waals surface area contributed by atoms with Gasteiger partial charge in [-0.1, -0.05) is 103 Å². The van der Waals surface area contributed by atoms with Crippen molar-refractivity contribution in [1.29, 1.82) is 0 Å². The van der Waals surface area contributed by atoms with E-state index < -0.39 is 0 Å². The van der Waals surface area contributed by atoms with Crippen molar-refractivity contribution in [1.82, 2.24) is 0 Å². The second kappa shape index (κ2) is 24.4. The molecule has 0 spiro atoms. The molecule has 0 aliphatic rings. The van der Waals surface area contributed by atoms with E-state index >= 15 is 0 Å². The first-order valence-corrected chi connectivity index (χ1v) is 10.2. The fourth-order valence-electron chi connectivity index (χ4n) is 2.55. The van der Waals surface area contributed by atoms with E-state index in [2.05, 4.69) is 13.8 Å². The van der Waals surface area contributed by atoms with Crippen LogP contribution in [-0.2, 0) is 21.8 Å². The number of unbranched alkanes of at least 4 members (excludes halogenated alkanes) is 15. The van der Waals surface area contributed by atoms with Crippen LogP contribution in [0.2, 0.25) is 0 Å². The van der Waals surface area contributed by atoms with Crippen LogP contribution in [0, 0.1) is 6.92 Å². The van der Waals surface area contributed by atoms with Crippen molar-refractivity contribution in [3.8, 4) is 0 Å². The SMILES string of the molecule is [CH2-]CCCCCCCCCCCCCCCCC.[O]=[Zn]. The fourth-order valence-corrected chi connectivity index (χ4v) is 2.55. The molecule has 0 radical (unpaired) electrons. The van der Waals surface area contributed by atoms with Crippen molar-refractivity contribution in [2.24, 2.45) is 0 Å². The third kappa shape index (κ3) is 23.5. The normalized spacial score (nSPS) is 10.2. The maximum atomic E-state index is 8.38. The average Bonchev–Trinajstić information content (AvgIpc) is 2.50. The van der Waals surface area contributed by atoms with E-state index in [9.17, 15) is 0 Å². The first-order valence-electron chi connectivity index (χ1n) is 9.00. The molecule has 0 bridgehead atoms. The molecule has 0 amide bonds. The minimum atomic E-state index is 0.125. The molecule has 118 valence electrons. The summed E-state index contributed by atoms with van der Waals surface area (Å²) in [4.78, 5) is 0. The van der Waals surface area contributed by atoms with Gasteiger partial charge in [-0.05, 0) is 0 Å². The van der Waals surface area contributed by atoms with E-state index in [1.807, 2.05) is 0 Å². The Bertz CT molecular complexity index is 134. The number of rotatable bonds is 15. The molecule has 0 atom stereocenters. The van der Waals surface area contributed by atoms with Crippen LogP contribution in [0.1, 0.15) is 110 Å². The standard InChI is InChI=1S/C18H37.O.Zn/c1-3-5-7-9-11-13-15-17-18-16-14-12-10-8-6-4-2;;/h1,3-18H2,2H3;;/q-1;;. The second-order valence-electron chi connectivity index (χ2n) is 5.80. The van der Waals surface area contributed by atoms with E-state index in [0.717, 1.165) is 6.42 Å². The molecule has 0 aliphatic heterocycles. The van der Waals surface area contributed by atoms with Crippen LogP contribution in [0.3, 0.4) is 0 Å². The summed E-state index contributed by atoms with van der Waals surface area (Å²) in [6.07, 6.45) is 22.8. The third-order valence-electron chi connectivity index (χ3n) is 3.85. The van der Waals surface area contributed by atoms with Gasteiger partial charge in [0.05, 0.1) is 0 Å². The summed E-state index contributed by atoms with van der Waals surface area (Å²) in [7, 11) is 0. The van der Waals surface area contributed by atoms with Crippen molar-refractivity contribution in [2.45, 2.75) is 110 Å². The molecule has 0 aromatic rings. The maximum absolute atomic E-state index is 8.38. The van der Waals surface area contributed by atoms with Gasteiger partial charge < -0.3 is 6.92 Å². The van der Waals surface area contributed by atoms with E-state index in [0.29, 0.717) is 0 Å². The van der Waals surface area contributed by atoms with Crippen LogP contribution < -0.4 is 0 Å². The van der Waals surface area contributed by atoms with Gasteiger partial charge in [-0.15, -0.1) is 0 Å². The van der Waals surface area contributed by atoms with Crippen LogP contribution >= 0.6 is 0 Å². The Morgan fingerprint density at radius 2 is 0.800 bits per heavy atom. The van der Waals surface area contributed by atoms with Gasteiger partial charge in [-0.25, -0.2) is 0 Å². The molecular weight excluding hydrogens is 298 g/mol. The van der Waals surface area contributed by atoms with Crippen LogP contribution in [0.4, 0.5) is 0 Å². The minimum absolute atomic E-state index is 0.125. The molecule has 0 aromatic heterocycles. The van der Waals surface area contributed by atoms with E-state index in [4.69, 9.17) is 3.57 Å². The molecule has 0 saturated heterocycles. The molecule has 0 saturated carbocycles. The van der Waals surface area contributed by atoms with Crippen LogP contribution in [-0.4, -0.2) is 0 Å². The van der Waals surface area contributed by atoms with Crippen molar-refractivity contribution in [3.63, 3.8) is 0 Å². The molecule has 1 nitrogen and oxygen atoms in total. The van der Waals surface area contributed by atoms with E-state index in [-0.39, 0.29) is 18.3 Å². The van der Waals surface area contributed by atoms with Crippen molar-refractivity contribution >= 4 is 0 Å². The summed E-state index contributed by atoms with van der Waals surface area (Å²) in [5.41, 5.74) is 0. The van der Waals surface area contributed by atoms with Crippen molar-refractivity contribution in [3.05, 3.63) is 6.92 Å². The predicted octanol–water partition coefficient (Wildman–Crippen LogP) is 6.96. The number of hydrogen-bond acceptors (Lipinski definition) is 1. The van der Waals surface area contributed by atoms with Gasteiger partial charge in [0.15, 0.2) is 0 Å². The summed E-state index contributed by atoms with van der Waals surface area (Å²) in [5.74, 6) is 0. The molecule has 0 aromatic carbocycles. The molecule has 0 unspecified atom stereocenters. The molecule has 2 heteroatoms. The van der Waals surface area contributed by atoms with Crippen LogP contribution in [0.25, 0.3) is 0 Å². The van der Waals surface area contributed by atoms with E-state index in [1.165, 1.54) is 96.3 Å². The quantitative estimate of drug-likeness (QED) is 0.180. The zero-order valence-electron chi connectivity index (χ0n) is 14.1. The molecule has 0 fully saturated rings. The summed E-state index contributed by atoms with van der Waals surface area (Å²) in [6.45, 7) is 6.18. The third-order valence-corrected chi connectivity index (χ3v) is 3.85. The van der Waals surface area contributed by atoms with Gasteiger partial charge in [0.2, 0.25) is 0 Å². The van der Waals surface area contributed by atoms with Crippen molar-refractivity contribution in [2.75, 3.05) is 0 Å². The Morgan fingerprint density at radius 3 is 1.05 bits per heavy atom. The fraction of sp³-hybridized carbons (Fsp3) is 0.944. The second-order valence-corrected chi connectivity index (χ2v) is 5.80. The van der Waals surface area contributed by atoms with Gasteiger partial charge in [0.1, 0.15) is 0 Å². The van der Waals surface area contributed by atoms with Gasteiger partial charge >= 0.3 is 21.8 Å². The Hall–Kier alpha value is 0.423. The van der Waals surface area contributed by atoms with Gasteiger partial charge in [-0.3, -0.25) is 0 Å². The van der Waals surface area contributed by atoms with Crippen molar-refractivity contribution < 1.29 is 21.8 Å². The van der Waals surface area contributed by atoms with Crippen LogP contribution in [0.15, 0.2) is 0 Å². The van der Waals surface area contributed by atoms with Gasteiger partial charge in [0.25, 0.3) is 0 Å². The molecule has 0 aliphatic carbocycles. The Morgan fingerprint density at radius 1 is 0.550 bits per heavy atom. The van der Waals surface area contributed by atoms with E-state index in [1.54, 1.807) is 0 Å². The van der Waals surface area contributed by atoms with Gasteiger partial charge in [0, 0.05) is 0 Å². The molecular formula is C18H37OZn-. The molecule has 0 heterocycles. The first kappa shape index (κ1) is 22.7. The molecule has 20 heavy (non-hydrogen) atoms. The average molecular weight is 335 g/mol. The van der Waals surface area contributed by atoms with Gasteiger partial charge in [-0.2, -0.15) is 6.42 Å².